The van der Waals surface area contributed by atoms with E-state index in [4.69, 9.17) is 16.6 Å². The van der Waals surface area contributed by atoms with Crippen LogP contribution in [0.5, 0.6) is 0 Å². The van der Waals surface area contributed by atoms with E-state index in [9.17, 15) is 0 Å². The van der Waals surface area contributed by atoms with Crippen LogP contribution in [0.2, 0.25) is 5.02 Å². The van der Waals surface area contributed by atoms with Crippen molar-refractivity contribution in [2.45, 2.75) is 38.6 Å². The van der Waals surface area contributed by atoms with Gasteiger partial charge in [0.15, 0.2) is 0 Å². The molecule has 0 aliphatic heterocycles. The van der Waals surface area contributed by atoms with E-state index in [1.54, 1.807) is 0 Å². The maximum Gasteiger partial charge on any atom is 0.115 e. The lowest BCUT2D eigenvalue weighted by Gasteiger charge is -2.17. The first-order chi connectivity index (χ1) is 10.2. The second-order valence-corrected chi connectivity index (χ2v) is 7.71. The van der Waals surface area contributed by atoms with E-state index >= 15 is 0 Å². The highest BCUT2D eigenvalue weighted by molar-refractivity contribution is 9.10. The van der Waals surface area contributed by atoms with Crippen molar-refractivity contribution in [3.05, 3.63) is 48.8 Å². The number of halogens is 2. The smallest absolute Gasteiger partial charge is 0.115 e. The van der Waals surface area contributed by atoms with Gasteiger partial charge in [-0.2, -0.15) is 0 Å². The number of hydrogen-bond acceptors (Lipinski definition) is 3. The number of nitrogens with one attached hydrogen (secondary N) is 1. The van der Waals surface area contributed by atoms with E-state index in [0.29, 0.717) is 0 Å². The van der Waals surface area contributed by atoms with Crippen LogP contribution in [0.3, 0.4) is 0 Å². The summed E-state index contributed by atoms with van der Waals surface area (Å²) in [5, 5.41) is 5.55. The summed E-state index contributed by atoms with van der Waals surface area (Å²) in [6.07, 6.45) is 4.69. The third kappa shape index (κ3) is 3.34. The largest absolute Gasteiger partial charge is 0.304 e. The SMILES string of the molecule is CCCNC(c1ccc(Cl)c(Br)c1)c1nc2c(s1)CCC2. The van der Waals surface area contributed by atoms with Gasteiger partial charge in [-0.15, -0.1) is 11.3 Å². The van der Waals surface area contributed by atoms with E-state index < -0.39 is 0 Å². The molecule has 2 aromatic rings. The van der Waals surface area contributed by atoms with Gasteiger partial charge in [0.05, 0.1) is 16.8 Å². The minimum Gasteiger partial charge on any atom is -0.304 e. The third-order valence-corrected chi connectivity index (χ3v) is 6.17. The molecular formula is C16H18BrClN2S. The molecule has 1 unspecified atom stereocenters. The van der Waals surface area contributed by atoms with Crippen molar-refractivity contribution in [2.24, 2.45) is 0 Å². The van der Waals surface area contributed by atoms with Gasteiger partial charge in [0.2, 0.25) is 0 Å². The minimum atomic E-state index is 0.161. The van der Waals surface area contributed by atoms with E-state index in [-0.39, 0.29) is 6.04 Å². The molecule has 3 rings (SSSR count). The molecule has 0 radical (unpaired) electrons. The van der Waals surface area contributed by atoms with Gasteiger partial charge in [-0.25, -0.2) is 4.98 Å². The zero-order valence-electron chi connectivity index (χ0n) is 12.0. The highest BCUT2D eigenvalue weighted by atomic mass is 79.9. The summed E-state index contributed by atoms with van der Waals surface area (Å²) in [5.41, 5.74) is 2.53. The topological polar surface area (TPSA) is 24.9 Å². The molecule has 1 N–H and O–H groups in total. The van der Waals surface area contributed by atoms with Gasteiger partial charge < -0.3 is 5.32 Å². The second-order valence-electron chi connectivity index (χ2n) is 5.34. The van der Waals surface area contributed by atoms with E-state index in [1.165, 1.54) is 34.0 Å². The summed E-state index contributed by atoms with van der Waals surface area (Å²) in [5.74, 6) is 0. The Morgan fingerprint density at radius 2 is 2.29 bits per heavy atom. The lowest BCUT2D eigenvalue weighted by Crippen LogP contribution is -2.23. The van der Waals surface area contributed by atoms with Gasteiger partial charge >= 0.3 is 0 Å². The number of aromatic nitrogens is 1. The molecule has 21 heavy (non-hydrogen) atoms. The van der Waals surface area contributed by atoms with Crippen LogP contribution in [0, 0.1) is 0 Å². The van der Waals surface area contributed by atoms with Gasteiger partial charge in [-0.05, 0) is 65.9 Å². The lowest BCUT2D eigenvalue weighted by molar-refractivity contribution is 0.594. The Bertz CT molecular complexity index is 620. The number of benzene rings is 1. The number of thiazole rings is 1. The van der Waals surface area contributed by atoms with Crippen LogP contribution in [0.25, 0.3) is 0 Å². The zero-order chi connectivity index (χ0) is 14.8. The number of rotatable bonds is 5. The van der Waals surface area contributed by atoms with Crippen molar-refractivity contribution in [3.8, 4) is 0 Å². The fourth-order valence-electron chi connectivity index (χ4n) is 2.66. The van der Waals surface area contributed by atoms with Crippen LogP contribution in [0.4, 0.5) is 0 Å². The van der Waals surface area contributed by atoms with E-state index in [1.807, 2.05) is 17.4 Å². The van der Waals surface area contributed by atoms with Crippen molar-refractivity contribution < 1.29 is 0 Å². The molecule has 112 valence electrons. The van der Waals surface area contributed by atoms with Gasteiger partial charge in [0.1, 0.15) is 5.01 Å². The molecule has 0 spiro atoms. The Hall–Kier alpha value is -0.420. The van der Waals surface area contributed by atoms with Crippen molar-refractivity contribution >= 4 is 38.9 Å². The molecular weight excluding hydrogens is 368 g/mol. The van der Waals surface area contributed by atoms with Gasteiger partial charge in [0, 0.05) is 9.35 Å². The van der Waals surface area contributed by atoms with Crippen LogP contribution in [-0.4, -0.2) is 11.5 Å². The van der Waals surface area contributed by atoms with Gasteiger partial charge in [-0.3, -0.25) is 0 Å². The fraction of sp³-hybridized carbons (Fsp3) is 0.438. The molecule has 0 bridgehead atoms. The molecule has 1 aliphatic carbocycles. The standard InChI is InChI=1S/C16H18BrClN2S/c1-2-8-19-15(10-6-7-12(18)11(17)9-10)16-20-13-4-3-5-14(13)21-16/h6-7,9,15,19H,2-5,8H2,1H3. The Morgan fingerprint density at radius 1 is 1.43 bits per heavy atom. The Labute approximate surface area is 143 Å². The zero-order valence-corrected chi connectivity index (χ0v) is 15.1. The second kappa shape index (κ2) is 6.78. The first-order valence-electron chi connectivity index (χ1n) is 7.36. The maximum absolute atomic E-state index is 6.12. The van der Waals surface area contributed by atoms with Gasteiger partial charge in [0.25, 0.3) is 0 Å². The Kier molecular flexibility index (Phi) is 4.99. The first-order valence-corrected chi connectivity index (χ1v) is 9.34. The van der Waals surface area contributed by atoms with Crippen LogP contribution in [0.15, 0.2) is 22.7 Å². The third-order valence-electron chi connectivity index (χ3n) is 3.73. The number of hydrogen-bond donors (Lipinski definition) is 1. The number of aryl methyl sites for hydroxylation is 2. The molecule has 0 fully saturated rings. The lowest BCUT2D eigenvalue weighted by atomic mass is 10.1. The molecule has 1 atom stereocenters. The molecule has 0 amide bonds. The molecule has 0 saturated heterocycles. The summed E-state index contributed by atoms with van der Waals surface area (Å²) in [4.78, 5) is 6.35. The molecule has 1 aliphatic rings. The molecule has 2 nitrogen and oxygen atoms in total. The Morgan fingerprint density at radius 3 is 3.00 bits per heavy atom. The van der Waals surface area contributed by atoms with Gasteiger partial charge in [-0.1, -0.05) is 24.6 Å². The summed E-state index contributed by atoms with van der Waals surface area (Å²) in [7, 11) is 0. The van der Waals surface area contributed by atoms with Crippen LogP contribution < -0.4 is 5.32 Å². The summed E-state index contributed by atoms with van der Waals surface area (Å²) < 4.78 is 0.939. The summed E-state index contributed by atoms with van der Waals surface area (Å²) >= 11 is 11.5. The highest BCUT2D eigenvalue weighted by Crippen LogP contribution is 2.35. The predicted molar refractivity (Wildman–Crippen MR) is 93.4 cm³/mol. The van der Waals surface area contributed by atoms with Crippen molar-refractivity contribution in [1.82, 2.24) is 10.3 Å². The highest BCUT2D eigenvalue weighted by Gasteiger charge is 2.23. The summed E-state index contributed by atoms with van der Waals surface area (Å²) in [6.45, 7) is 3.17. The van der Waals surface area contributed by atoms with E-state index in [0.717, 1.165) is 28.9 Å². The molecule has 0 saturated carbocycles. The minimum absolute atomic E-state index is 0.161. The van der Waals surface area contributed by atoms with Crippen molar-refractivity contribution in [2.75, 3.05) is 6.54 Å². The van der Waals surface area contributed by atoms with Crippen molar-refractivity contribution in [3.63, 3.8) is 0 Å². The van der Waals surface area contributed by atoms with Crippen LogP contribution >= 0.6 is 38.9 Å². The normalized spacial score (nSPS) is 15.2. The predicted octanol–water partition coefficient (Wildman–Crippen LogP) is 5.14. The average Bonchev–Trinajstić information content (AvgIpc) is 3.04. The number of fused-ring (bicyclic) bond motifs is 1. The maximum atomic E-state index is 6.12. The first kappa shape index (κ1) is 15.5. The van der Waals surface area contributed by atoms with Crippen molar-refractivity contribution in [1.29, 1.82) is 0 Å². The quantitative estimate of drug-likeness (QED) is 0.771. The fourth-order valence-corrected chi connectivity index (χ4v) is 4.43. The molecule has 1 aromatic carbocycles. The van der Waals surface area contributed by atoms with E-state index in [2.05, 4.69) is 40.3 Å². The monoisotopic (exact) mass is 384 g/mol. The molecule has 5 heteroatoms. The number of nitrogens with zero attached hydrogens (tertiary/aromatic N) is 1. The van der Waals surface area contributed by atoms with Crippen LogP contribution in [-0.2, 0) is 12.8 Å². The average molecular weight is 386 g/mol. The molecule has 1 heterocycles. The Balaban J connectivity index is 1.94. The summed E-state index contributed by atoms with van der Waals surface area (Å²) in [6, 6.07) is 6.30. The van der Waals surface area contributed by atoms with Crippen LogP contribution in [0.1, 0.15) is 46.9 Å². The molecule has 1 aromatic heterocycles.